The normalized spacial score (nSPS) is 11.2. The predicted molar refractivity (Wildman–Crippen MR) is 48.3 cm³/mol. The number of benzene rings is 1. The minimum absolute atomic E-state index is 0.355. The maximum atomic E-state index is 12.4. The summed E-state index contributed by atoms with van der Waals surface area (Å²) in [6.45, 7) is 0. The lowest BCUT2D eigenvalue weighted by atomic mass is 10.1. The largest absolute Gasteiger partial charge is 0.423 e. The molecule has 1 rings (SSSR count). The molecule has 86 valence electrons. The maximum Gasteiger partial charge on any atom is 0.423 e. The van der Waals surface area contributed by atoms with E-state index in [1.165, 1.54) is 0 Å². The summed E-state index contributed by atoms with van der Waals surface area (Å²) in [5.41, 5.74) is -3.06. The number of halogens is 4. The van der Waals surface area contributed by atoms with E-state index in [2.05, 4.69) is 0 Å². The molecule has 1 aromatic rings. The molecular weight excluding hydrogens is 251 g/mol. The highest BCUT2D eigenvalue weighted by molar-refractivity contribution is 6.67. The Kier molecular flexibility index (Phi) is 3.18. The van der Waals surface area contributed by atoms with Crippen molar-refractivity contribution in [1.29, 1.82) is 0 Å². The minimum Gasteiger partial charge on any atom is -0.276 e. The SMILES string of the molecule is O=C(Cl)c1ccc([N+](=O)[O-])c(C(F)(F)F)c1. The van der Waals surface area contributed by atoms with Crippen molar-refractivity contribution in [2.75, 3.05) is 0 Å². The van der Waals surface area contributed by atoms with E-state index in [1.54, 1.807) is 0 Å². The molecule has 0 radical (unpaired) electrons. The number of nitro benzene ring substituents is 1. The fourth-order valence-corrected chi connectivity index (χ4v) is 1.16. The average Bonchev–Trinajstić information content (AvgIpc) is 2.15. The highest BCUT2D eigenvalue weighted by Crippen LogP contribution is 2.36. The van der Waals surface area contributed by atoms with Crippen LogP contribution in [0.1, 0.15) is 15.9 Å². The smallest absolute Gasteiger partial charge is 0.276 e. The Morgan fingerprint density at radius 2 is 1.94 bits per heavy atom. The van der Waals surface area contributed by atoms with Crippen molar-refractivity contribution >= 4 is 22.5 Å². The zero-order chi connectivity index (χ0) is 12.5. The topological polar surface area (TPSA) is 60.2 Å². The molecule has 0 bridgehead atoms. The third kappa shape index (κ3) is 2.48. The number of nitrogens with zero attached hydrogens (tertiary/aromatic N) is 1. The fraction of sp³-hybridized carbons (Fsp3) is 0.125. The van der Waals surface area contributed by atoms with Crippen LogP contribution in [-0.2, 0) is 6.18 Å². The molecule has 0 saturated carbocycles. The van der Waals surface area contributed by atoms with Gasteiger partial charge in [-0.2, -0.15) is 13.2 Å². The van der Waals surface area contributed by atoms with Gasteiger partial charge in [-0.1, -0.05) is 0 Å². The van der Waals surface area contributed by atoms with Gasteiger partial charge in [-0.3, -0.25) is 14.9 Å². The highest BCUT2D eigenvalue weighted by Gasteiger charge is 2.38. The number of hydrogen-bond donors (Lipinski definition) is 0. The van der Waals surface area contributed by atoms with Crippen molar-refractivity contribution in [3.8, 4) is 0 Å². The monoisotopic (exact) mass is 253 g/mol. The lowest BCUT2D eigenvalue weighted by Crippen LogP contribution is -2.10. The van der Waals surface area contributed by atoms with E-state index < -0.39 is 33.2 Å². The maximum absolute atomic E-state index is 12.4. The first kappa shape index (κ1) is 12.4. The molecule has 0 aromatic heterocycles. The van der Waals surface area contributed by atoms with Crippen molar-refractivity contribution < 1.29 is 22.9 Å². The number of carbonyl (C=O) groups is 1. The standard InChI is InChI=1S/C8H3ClF3NO3/c9-7(14)4-1-2-6(13(15)16)5(3-4)8(10,11)12/h1-3H. The summed E-state index contributed by atoms with van der Waals surface area (Å²) < 4.78 is 37.2. The third-order valence-corrected chi connectivity index (χ3v) is 1.94. The second kappa shape index (κ2) is 4.09. The first-order valence-electron chi connectivity index (χ1n) is 3.79. The molecule has 0 spiro atoms. The molecule has 1 aromatic carbocycles. The van der Waals surface area contributed by atoms with Gasteiger partial charge in [0.1, 0.15) is 5.56 Å². The molecule has 0 aliphatic carbocycles. The van der Waals surface area contributed by atoms with E-state index in [1.807, 2.05) is 0 Å². The summed E-state index contributed by atoms with van der Waals surface area (Å²) in [6.07, 6.45) is -4.91. The van der Waals surface area contributed by atoms with Crippen LogP contribution in [0.15, 0.2) is 18.2 Å². The first-order valence-corrected chi connectivity index (χ1v) is 4.16. The number of rotatable bonds is 2. The molecule has 8 heteroatoms. The number of carbonyl (C=O) groups excluding carboxylic acids is 1. The Morgan fingerprint density at radius 3 is 2.31 bits per heavy atom. The van der Waals surface area contributed by atoms with E-state index in [9.17, 15) is 28.1 Å². The Hall–Kier alpha value is -1.63. The lowest BCUT2D eigenvalue weighted by Gasteiger charge is -2.07. The van der Waals surface area contributed by atoms with Gasteiger partial charge in [-0.05, 0) is 23.7 Å². The Morgan fingerprint density at radius 1 is 1.38 bits per heavy atom. The van der Waals surface area contributed by atoms with Crippen LogP contribution in [-0.4, -0.2) is 10.2 Å². The van der Waals surface area contributed by atoms with Crippen LogP contribution in [0.3, 0.4) is 0 Å². The average molecular weight is 254 g/mol. The van der Waals surface area contributed by atoms with Gasteiger partial charge in [-0.15, -0.1) is 0 Å². The van der Waals surface area contributed by atoms with Gasteiger partial charge >= 0.3 is 6.18 Å². The van der Waals surface area contributed by atoms with Crippen LogP contribution in [0, 0.1) is 10.1 Å². The van der Waals surface area contributed by atoms with Crippen LogP contribution in [0.4, 0.5) is 18.9 Å². The number of nitro groups is 1. The van der Waals surface area contributed by atoms with Crippen molar-refractivity contribution in [3.63, 3.8) is 0 Å². The summed E-state index contributed by atoms with van der Waals surface area (Å²) >= 11 is 4.98. The zero-order valence-corrected chi connectivity index (χ0v) is 8.17. The van der Waals surface area contributed by atoms with Crippen molar-refractivity contribution in [1.82, 2.24) is 0 Å². The summed E-state index contributed by atoms with van der Waals surface area (Å²) in [5, 5.41) is 9.23. The molecule has 0 heterocycles. The van der Waals surface area contributed by atoms with Gasteiger partial charge in [0.25, 0.3) is 10.9 Å². The quantitative estimate of drug-likeness (QED) is 0.462. The predicted octanol–water partition coefficient (Wildman–Crippen LogP) is 2.99. The second-order valence-corrected chi connectivity index (χ2v) is 3.10. The first-order chi connectivity index (χ1) is 7.23. The molecule has 0 atom stereocenters. The Bertz CT molecular complexity index is 458. The second-order valence-electron chi connectivity index (χ2n) is 2.76. The molecule has 0 unspecified atom stereocenters. The summed E-state index contributed by atoms with van der Waals surface area (Å²) in [4.78, 5) is 19.8. The minimum atomic E-state index is -4.91. The third-order valence-electron chi connectivity index (χ3n) is 1.73. The Balaban J connectivity index is 3.45. The van der Waals surface area contributed by atoms with Gasteiger partial charge in [0.15, 0.2) is 0 Å². The van der Waals surface area contributed by atoms with Gasteiger partial charge < -0.3 is 0 Å². The summed E-state index contributed by atoms with van der Waals surface area (Å²) in [6, 6.07) is 1.81. The van der Waals surface area contributed by atoms with Gasteiger partial charge in [0, 0.05) is 11.6 Å². The van der Waals surface area contributed by atoms with Crippen LogP contribution in [0.2, 0.25) is 0 Å². The van der Waals surface area contributed by atoms with Crippen LogP contribution < -0.4 is 0 Å². The van der Waals surface area contributed by atoms with E-state index in [-0.39, 0.29) is 0 Å². The molecule has 0 fully saturated rings. The highest BCUT2D eigenvalue weighted by atomic mass is 35.5. The summed E-state index contributed by atoms with van der Waals surface area (Å²) in [7, 11) is 0. The van der Waals surface area contributed by atoms with E-state index in [4.69, 9.17) is 11.6 Å². The van der Waals surface area contributed by atoms with Crippen molar-refractivity contribution in [2.24, 2.45) is 0 Å². The van der Waals surface area contributed by atoms with Crippen LogP contribution >= 0.6 is 11.6 Å². The number of hydrogen-bond acceptors (Lipinski definition) is 3. The van der Waals surface area contributed by atoms with Crippen LogP contribution in [0.25, 0.3) is 0 Å². The molecule has 4 nitrogen and oxygen atoms in total. The molecular formula is C8H3ClF3NO3. The van der Waals surface area contributed by atoms with Crippen LogP contribution in [0.5, 0.6) is 0 Å². The van der Waals surface area contributed by atoms with Crippen molar-refractivity contribution in [2.45, 2.75) is 6.18 Å². The van der Waals surface area contributed by atoms with E-state index >= 15 is 0 Å². The molecule has 0 aliphatic rings. The van der Waals surface area contributed by atoms with Gasteiger partial charge in [0.05, 0.1) is 4.92 Å². The Labute approximate surface area is 91.8 Å². The van der Waals surface area contributed by atoms with E-state index in [0.29, 0.717) is 12.1 Å². The molecule has 16 heavy (non-hydrogen) atoms. The number of alkyl halides is 3. The van der Waals surface area contributed by atoms with Gasteiger partial charge in [-0.25, -0.2) is 0 Å². The van der Waals surface area contributed by atoms with E-state index in [0.717, 1.165) is 6.07 Å². The van der Waals surface area contributed by atoms with Crippen molar-refractivity contribution in [3.05, 3.63) is 39.4 Å². The molecule has 0 aliphatic heterocycles. The zero-order valence-electron chi connectivity index (χ0n) is 7.42. The van der Waals surface area contributed by atoms with Gasteiger partial charge in [0.2, 0.25) is 0 Å². The molecule has 0 saturated heterocycles. The summed E-state index contributed by atoms with van der Waals surface area (Å²) in [5.74, 6) is 0. The fourth-order valence-electron chi connectivity index (χ4n) is 1.04. The molecule has 0 N–H and O–H groups in total. The lowest BCUT2D eigenvalue weighted by molar-refractivity contribution is -0.388. The molecule has 0 amide bonds.